The Kier molecular flexibility index (Phi) is 4.88. The van der Waals surface area contributed by atoms with E-state index >= 15 is 0 Å². The van der Waals surface area contributed by atoms with Crippen LogP contribution in [0.4, 0.5) is 4.39 Å². The van der Waals surface area contributed by atoms with E-state index in [0.717, 1.165) is 18.4 Å². The number of hydrogen-bond acceptors (Lipinski definition) is 3. The van der Waals surface area contributed by atoms with Gasteiger partial charge in [0, 0.05) is 6.04 Å². The third-order valence-corrected chi connectivity index (χ3v) is 4.19. The van der Waals surface area contributed by atoms with E-state index in [-0.39, 0.29) is 11.9 Å². The highest BCUT2D eigenvalue weighted by Crippen LogP contribution is 2.24. The number of hydrogen-bond donors (Lipinski definition) is 2. The monoisotopic (exact) mass is 328 g/mol. The number of aryl methyl sites for hydroxylation is 1. The number of halogens is 2. The molecule has 3 N–H and O–H groups in total. The fourth-order valence-electron chi connectivity index (χ4n) is 1.82. The summed E-state index contributed by atoms with van der Waals surface area (Å²) in [7, 11) is 0. The van der Waals surface area contributed by atoms with Crippen molar-refractivity contribution in [3.63, 3.8) is 0 Å². The molecule has 1 unspecified atom stereocenters. The second-order valence-corrected chi connectivity index (χ2v) is 5.70. The van der Waals surface area contributed by atoms with Crippen molar-refractivity contribution in [1.82, 2.24) is 5.43 Å². The molecule has 0 bridgehead atoms. The van der Waals surface area contributed by atoms with Crippen LogP contribution in [0.3, 0.4) is 0 Å². The molecular weight excluding hydrogens is 315 g/mol. The lowest BCUT2D eigenvalue weighted by atomic mass is 10.0. The standard InChI is InChI=1S/C13H14BrFN2S/c14-11-7-10(2-3-12(11)15)13(17-16)4-1-9-5-6-18-8-9/h2-3,5-8,13,17H,1,4,16H2. The van der Waals surface area contributed by atoms with Crippen LogP contribution in [-0.4, -0.2) is 0 Å². The Balaban J connectivity index is 2.05. The molecule has 1 atom stereocenters. The summed E-state index contributed by atoms with van der Waals surface area (Å²) in [5, 5.41) is 4.20. The third-order valence-electron chi connectivity index (χ3n) is 2.85. The van der Waals surface area contributed by atoms with Crippen molar-refractivity contribution in [2.24, 2.45) is 5.84 Å². The Morgan fingerprint density at radius 3 is 2.83 bits per heavy atom. The molecule has 18 heavy (non-hydrogen) atoms. The van der Waals surface area contributed by atoms with Gasteiger partial charge >= 0.3 is 0 Å². The van der Waals surface area contributed by atoms with Crippen LogP contribution in [0.5, 0.6) is 0 Å². The second kappa shape index (κ2) is 6.43. The maximum atomic E-state index is 13.2. The highest BCUT2D eigenvalue weighted by atomic mass is 79.9. The van der Waals surface area contributed by atoms with E-state index in [9.17, 15) is 4.39 Å². The van der Waals surface area contributed by atoms with E-state index < -0.39 is 0 Å². The van der Waals surface area contributed by atoms with Gasteiger partial charge in [-0.05, 0) is 68.9 Å². The van der Waals surface area contributed by atoms with E-state index in [2.05, 4.69) is 38.2 Å². The molecule has 0 fully saturated rings. The molecule has 0 amide bonds. The number of thiophene rings is 1. The van der Waals surface area contributed by atoms with Gasteiger partial charge in [0.05, 0.1) is 4.47 Å². The Morgan fingerprint density at radius 1 is 1.39 bits per heavy atom. The van der Waals surface area contributed by atoms with E-state index in [0.29, 0.717) is 4.47 Å². The first-order chi connectivity index (χ1) is 8.70. The van der Waals surface area contributed by atoms with E-state index in [1.165, 1.54) is 11.6 Å². The zero-order chi connectivity index (χ0) is 13.0. The van der Waals surface area contributed by atoms with Gasteiger partial charge in [0.25, 0.3) is 0 Å². The largest absolute Gasteiger partial charge is 0.271 e. The minimum atomic E-state index is -0.257. The third kappa shape index (κ3) is 3.38. The zero-order valence-corrected chi connectivity index (χ0v) is 12.1. The Morgan fingerprint density at radius 2 is 2.22 bits per heavy atom. The van der Waals surface area contributed by atoms with Crippen molar-refractivity contribution in [3.8, 4) is 0 Å². The second-order valence-electron chi connectivity index (χ2n) is 4.06. The van der Waals surface area contributed by atoms with Gasteiger partial charge in [-0.1, -0.05) is 6.07 Å². The Bertz CT molecular complexity index is 502. The summed E-state index contributed by atoms with van der Waals surface area (Å²) in [6.45, 7) is 0. The van der Waals surface area contributed by atoms with Gasteiger partial charge in [0.15, 0.2) is 0 Å². The number of benzene rings is 1. The molecule has 0 spiro atoms. The van der Waals surface area contributed by atoms with Gasteiger partial charge in [0.2, 0.25) is 0 Å². The van der Waals surface area contributed by atoms with Crippen molar-refractivity contribution in [1.29, 1.82) is 0 Å². The van der Waals surface area contributed by atoms with Crippen molar-refractivity contribution < 1.29 is 4.39 Å². The number of hydrazine groups is 1. The van der Waals surface area contributed by atoms with Crippen LogP contribution < -0.4 is 11.3 Å². The highest BCUT2D eigenvalue weighted by Gasteiger charge is 2.11. The van der Waals surface area contributed by atoms with Crippen LogP contribution in [0.1, 0.15) is 23.6 Å². The minimum Gasteiger partial charge on any atom is -0.271 e. The average Bonchev–Trinajstić information content (AvgIpc) is 2.87. The topological polar surface area (TPSA) is 38.0 Å². The van der Waals surface area contributed by atoms with Gasteiger partial charge in [0.1, 0.15) is 5.82 Å². The Hall–Kier alpha value is -0.750. The smallest absolute Gasteiger partial charge is 0.137 e. The molecular formula is C13H14BrFN2S. The zero-order valence-electron chi connectivity index (χ0n) is 9.70. The fraction of sp³-hybridized carbons (Fsp3) is 0.231. The molecule has 96 valence electrons. The highest BCUT2D eigenvalue weighted by molar-refractivity contribution is 9.10. The molecule has 0 radical (unpaired) electrons. The predicted molar refractivity (Wildman–Crippen MR) is 76.8 cm³/mol. The Labute approximate surface area is 118 Å². The van der Waals surface area contributed by atoms with E-state index in [4.69, 9.17) is 5.84 Å². The van der Waals surface area contributed by atoms with Gasteiger partial charge in [-0.3, -0.25) is 11.3 Å². The lowest BCUT2D eigenvalue weighted by molar-refractivity contribution is 0.514. The van der Waals surface area contributed by atoms with Crippen LogP contribution in [0.15, 0.2) is 39.5 Å². The van der Waals surface area contributed by atoms with Crippen LogP contribution >= 0.6 is 27.3 Å². The molecule has 1 aromatic heterocycles. The van der Waals surface area contributed by atoms with Crippen LogP contribution in [0, 0.1) is 5.82 Å². The number of rotatable bonds is 5. The maximum absolute atomic E-state index is 13.2. The van der Waals surface area contributed by atoms with Crippen LogP contribution in [-0.2, 0) is 6.42 Å². The van der Waals surface area contributed by atoms with Crippen molar-refractivity contribution in [2.45, 2.75) is 18.9 Å². The molecule has 2 rings (SSSR count). The normalized spacial score (nSPS) is 12.6. The van der Waals surface area contributed by atoms with Crippen LogP contribution in [0.2, 0.25) is 0 Å². The van der Waals surface area contributed by atoms with Gasteiger partial charge in [-0.15, -0.1) is 0 Å². The first kappa shape index (κ1) is 13.7. The number of nitrogens with two attached hydrogens (primary N) is 1. The van der Waals surface area contributed by atoms with Crippen molar-refractivity contribution in [2.75, 3.05) is 0 Å². The SMILES string of the molecule is NNC(CCc1ccsc1)c1ccc(F)c(Br)c1. The molecule has 0 saturated carbocycles. The summed E-state index contributed by atoms with van der Waals surface area (Å²) in [5.74, 6) is 5.32. The van der Waals surface area contributed by atoms with Crippen molar-refractivity contribution >= 4 is 27.3 Å². The quantitative estimate of drug-likeness (QED) is 0.647. The lowest BCUT2D eigenvalue weighted by Gasteiger charge is -2.16. The van der Waals surface area contributed by atoms with E-state index in [1.54, 1.807) is 23.5 Å². The summed E-state index contributed by atoms with van der Waals surface area (Å²) in [4.78, 5) is 0. The van der Waals surface area contributed by atoms with Crippen LogP contribution in [0.25, 0.3) is 0 Å². The molecule has 0 aliphatic rings. The summed E-state index contributed by atoms with van der Waals surface area (Å²) < 4.78 is 13.6. The first-order valence-corrected chi connectivity index (χ1v) is 7.36. The van der Waals surface area contributed by atoms with Gasteiger partial charge < -0.3 is 0 Å². The molecule has 0 saturated heterocycles. The summed E-state index contributed by atoms with van der Waals surface area (Å²) in [6, 6.07) is 7.13. The molecule has 0 aliphatic carbocycles. The molecule has 1 heterocycles. The minimum absolute atomic E-state index is 0.0294. The molecule has 2 nitrogen and oxygen atoms in total. The maximum Gasteiger partial charge on any atom is 0.137 e. The molecule has 0 aliphatic heterocycles. The summed E-state index contributed by atoms with van der Waals surface area (Å²) >= 11 is 4.88. The summed E-state index contributed by atoms with van der Waals surface area (Å²) in [6.07, 6.45) is 1.83. The van der Waals surface area contributed by atoms with Gasteiger partial charge in [-0.25, -0.2) is 4.39 Å². The number of nitrogens with one attached hydrogen (secondary N) is 1. The predicted octanol–water partition coefficient (Wildman–Crippen LogP) is 3.79. The van der Waals surface area contributed by atoms with E-state index in [1.807, 2.05) is 0 Å². The lowest BCUT2D eigenvalue weighted by Crippen LogP contribution is -2.28. The fourth-order valence-corrected chi connectivity index (χ4v) is 2.92. The molecule has 1 aromatic carbocycles. The molecule has 2 aromatic rings. The molecule has 5 heteroatoms. The average molecular weight is 329 g/mol. The van der Waals surface area contributed by atoms with Crippen molar-refractivity contribution in [3.05, 3.63) is 56.4 Å². The van der Waals surface area contributed by atoms with Gasteiger partial charge in [-0.2, -0.15) is 11.3 Å². The summed E-state index contributed by atoms with van der Waals surface area (Å²) in [5.41, 5.74) is 5.08. The first-order valence-electron chi connectivity index (χ1n) is 5.63.